The zero-order valence-corrected chi connectivity index (χ0v) is 16.7. The lowest BCUT2D eigenvalue weighted by Gasteiger charge is -2.20. The fourth-order valence-corrected chi connectivity index (χ4v) is 4.25. The third kappa shape index (κ3) is 5.82. The van der Waals surface area contributed by atoms with Crippen molar-refractivity contribution in [3.63, 3.8) is 0 Å². The molecule has 1 aromatic heterocycles. The largest absolute Gasteiger partial charge is 0.497 e. The van der Waals surface area contributed by atoms with Gasteiger partial charge in [-0.3, -0.25) is 4.79 Å². The summed E-state index contributed by atoms with van der Waals surface area (Å²) >= 11 is 1.54. The molecule has 0 aliphatic carbocycles. The minimum absolute atomic E-state index is 0.0955. The minimum atomic E-state index is -3.81. The molecule has 6 nitrogen and oxygen atoms in total. The highest BCUT2D eigenvalue weighted by Gasteiger charge is 2.26. The molecule has 26 heavy (non-hydrogen) atoms. The topological polar surface area (TPSA) is 84.5 Å². The first-order chi connectivity index (χ1) is 12.3. The number of amides is 1. The van der Waals surface area contributed by atoms with E-state index < -0.39 is 16.1 Å². The van der Waals surface area contributed by atoms with E-state index in [0.717, 1.165) is 4.88 Å². The lowest BCUT2D eigenvalue weighted by atomic mass is 10.0. The molecule has 0 fully saturated rings. The Morgan fingerprint density at radius 3 is 2.42 bits per heavy atom. The molecule has 1 unspecified atom stereocenters. The highest BCUT2D eigenvalue weighted by Crippen LogP contribution is 2.17. The van der Waals surface area contributed by atoms with Crippen LogP contribution in [0.15, 0.2) is 46.7 Å². The Bertz CT molecular complexity index is 800. The Morgan fingerprint density at radius 1 is 1.19 bits per heavy atom. The zero-order chi connectivity index (χ0) is 19.2. The predicted octanol–water partition coefficient (Wildman–Crippen LogP) is 2.77. The number of rotatable bonds is 9. The second-order valence-corrected chi connectivity index (χ2v) is 9.02. The zero-order valence-electron chi connectivity index (χ0n) is 15.1. The molecular weight excluding hydrogens is 372 g/mol. The molecule has 2 N–H and O–H groups in total. The van der Waals surface area contributed by atoms with Crippen LogP contribution in [0.1, 0.15) is 25.1 Å². The van der Waals surface area contributed by atoms with E-state index >= 15 is 0 Å². The van der Waals surface area contributed by atoms with Crippen molar-refractivity contribution in [1.82, 2.24) is 10.0 Å². The smallest absolute Gasteiger partial charge is 0.241 e. The van der Waals surface area contributed by atoms with Crippen molar-refractivity contribution in [1.29, 1.82) is 0 Å². The molecule has 0 spiro atoms. The fraction of sp³-hybridized carbons (Fsp3) is 0.389. The number of nitrogens with one attached hydrogen (secondary N) is 2. The van der Waals surface area contributed by atoms with Crippen LogP contribution in [-0.2, 0) is 21.4 Å². The third-order valence-corrected chi connectivity index (χ3v) is 6.07. The predicted molar refractivity (Wildman–Crippen MR) is 103 cm³/mol. The maximum atomic E-state index is 12.6. The van der Waals surface area contributed by atoms with Crippen LogP contribution in [-0.4, -0.2) is 27.5 Å². The molecule has 0 saturated carbocycles. The second-order valence-electron chi connectivity index (χ2n) is 6.28. The molecule has 0 saturated heterocycles. The van der Waals surface area contributed by atoms with Crippen molar-refractivity contribution in [3.8, 4) is 5.75 Å². The Kier molecular flexibility index (Phi) is 7.19. The molecule has 0 radical (unpaired) electrons. The molecule has 8 heteroatoms. The van der Waals surface area contributed by atoms with Crippen molar-refractivity contribution in [2.45, 2.75) is 37.8 Å². The minimum Gasteiger partial charge on any atom is -0.497 e. The van der Waals surface area contributed by atoms with Crippen molar-refractivity contribution in [2.75, 3.05) is 7.11 Å². The maximum Gasteiger partial charge on any atom is 0.241 e. The summed E-state index contributed by atoms with van der Waals surface area (Å²) in [6, 6.07) is 9.05. The first-order valence-electron chi connectivity index (χ1n) is 8.28. The van der Waals surface area contributed by atoms with Crippen molar-refractivity contribution in [3.05, 3.63) is 46.7 Å². The number of thiophene rings is 1. The first kappa shape index (κ1) is 20.4. The van der Waals surface area contributed by atoms with Gasteiger partial charge in [-0.2, -0.15) is 4.72 Å². The van der Waals surface area contributed by atoms with Gasteiger partial charge in [0.05, 0.1) is 18.6 Å². The van der Waals surface area contributed by atoms with Gasteiger partial charge in [0.2, 0.25) is 15.9 Å². The van der Waals surface area contributed by atoms with E-state index in [1.165, 1.54) is 30.6 Å². The number of benzene rings is 1. The van der Waals surface area contributed by atoms with Gasteiger partial charge in [0, 0.05) is 4.88 Å². The summed E-state index contributed by atoms with van der Waals surface area (Å²) in [7, 11) is -2.30. The van der Waals surface area contributed by atoms with E-state index in [0.29, 0.717) is 18.7 Å². The van der Waals surface area contributed by atoms with Crippen LogP contribution in [0.5, 0.6) is 5.75 Å². The summed E-state index contributed by atoms with van der Waals surface area (Å²) in [5, 5.41) is 4.74. The normalized spacial score (nSPS) is 12.8. The lowest BCUT2D eigenvalue weighted by molar-refractivity contribution is -0.123. The molecule has 0 aliphatic rings. The quantitative estimate of drug-likeness (QED) is 0.683. The average Bonchev–Trinajstić information content (AvgIpc) is 3.12. The molecule has 2 rings (SSSR count). The molecule has 0 aliphatic heterocycles. The highest BCUT2D eigenvalue weighted by atomic mass is 32.2. The van der Waals surface area contributed by atoms with Gasteiger partial charge >= 0.3 is 0 Å². The molecule has 1 amide bonds. The molecular formula is C18H24N2O4S2. The Labute approximate surface area is 158 Å². The Balaban J connectivity index is 2.10. The summed E-state index contributed by atoms with van der Waals surface area (Å²) in [4.78, 5) is 13.6. The van der Waals surface area contributed by atoms with Gasteiger partial charge in [-0.1, -0.05) is 19.9 Å². The summed E-state index contributed by atoms with van der Waals surface area (Å²) < 4.78 is 32.8. The van der Waals surface area contributed by atoms with E-state index in [-0.39, 0.29) is 16.7 Å². The monoisotopic (exact) mass is 396 g/mol. The van der Waals surface area contributed by atoms with Crippen LogP contribution < -0.4 is 14.8 Å². The third-order valence-electron chi connectivity index (χ3n) is 3.71. The fourth-order valence-electron chi connectivity index (χ4n) is 2.40. The van der Waals surface area contributed by atoms with Crippen LogP contribution in [0.3, 0.4) is 0 Å². The van der Waals surface area contributed by atoms with E-state index in [1.807, 2.05) is 31.4 Å². The number of carbonyl (C=O) groups excluding carboxylic acids is 1. The van der Waals surface area contributed by atoms with Gasteiger partial charge in [-0.15, -0.1) is 11.3 Å². The van der Waals surface area contributed by atoms with E-state index in [4.69, 9.17) is 4.74 Å². The first-order valence-corrected chi connectivity index (χ1v) is 10.6. The van der Waals surface area contributed by atoms with Crippen LogP contribution >= 0.6 is 11.3 Å². The number of hydrogen-bond acceptors (Lipinski definition) is 5. The van der Waals surface area contributed by atoms with Crippen LogP contribution in [0.25, 0.3) is 0 Å². The second kappa shape index (κ2) is 9.16. The number of ether oxygens (including phenoxy) is 1. The molecule has 1 aromatic carbocycles. The van der Waals surface area contributed by atoms with Gasteiger partial charge in [-0.05, 0) is 48.1 Å². The van der Waals surface area contributed by atoms with Crippen LogP contribution in [0.2, 0.25) is 0 Å². The SMILES string of the molecule is COc1ccc(S(=O)(=O)NC(CC(C)C)C(=O)NCc2cccs2)cc1. The molecule has 1 atom stereocenters. The molecule has 142 valence electrons. The van der Waals surface area contributed by atoms with E-state index in [9.17, 15) is 13.2 Å². The average molecular weight is 397 g/mol. The number of carbonyl (C=O) groups is 1. The van der Waals surface area contributed by atoms with Gasteiger partial charge in [0.15, 0.2) is 0 Å². The molecule has 0 bridgehead atoms. The maximum absolute atomic E-state index is 12.6. The van der Waals surface area contributed by atoms with Gasteiger partial charge in [0.1, 0.15) is 11.8 Å². The molecule has 1 heterocycles. The standard InChI is InChI=1S/C18H24N2O4S2/c1-13(2)11-17(18(21)19-12-15-5-4-10-25-15)20-26(22,23)16-8-6-14(24-3)7-9-16/h4-10,13,17,20H,11-12H2,1-3H3,(H,19,21). The lowest BCUT2D eigenvalue weighted by Crippen LogP contribution is -2.47. The van der Waals surface area contributed by atoms with E-state index in [1.54, 1.807) is 12.1 Å². The summed E-state index contributed by atoms with van der Waals surface area (Å²) in [5.74, 6) is 0.395. The molecule has 2 aromatic rings. The number of sulfonamides is 1. The van der Waals surface area contributed by atoms with Crippen LogP contribution in [0, 0.1) is 5.92 Å². The summed E-state index contributed by atoms with van der Waals surface area (Å²) in [6.45, 7) is 4.28. The summed E-state index contributed by atoms with van der Waals surface area (Å²) in [6.07, 6.45) is 0.408. The van der Waals surface area contributed by atoms with Gasteiger partial charge < -0.3 is 10.1 Å². The van der Waals surface area contributed by atoms with Gasteiger partial charge in [0.25, 0.3) is 0 Å². The van der Waals surface area contributed by atoms with Gasteiger partial charge in [-0.25, -0.2) is 8.42 Å². The number of hydrogen-bond donors (Lipinski definition) is 2. The van der Waals surface area contributed by atoms with Crippen molar-refractivity contribution >= 4 is 27.3 Å². The van der Waals surface area contributed by atoms with Crippen molar-refractivity contribution in [2.24, 2.45) is 5.92 Å². The van der Waals surface area contributed by atoms with Crippen LogP contribution in [0.4, 0.5) is 0 Å². The Morgan fingerprint density at radius 2 is 1.88 bits per heavy atom. The van der Waals surface area contributed by atoms with Crippen molar-refractivity contribution < 1.29 is 17.9 Å². The Hall–Kier alpha value is -1.90. The highest BCUT2D eigenvalue weighted by molar-refractivity contribution is 7.89. The summed E-state index contributed by atoms with van der Waals surface area (Å²) in [5.41, 5.74) is 0. The van der Waals surface area contributed by atoms with E-state index in [2.05, 4.69) is 10.0 Å². The number of methoxy groups -OCH3 is 1.